The summed E-state index contributed by atoms with van der Waals surface area (Å²) < 4.78 is 6.27. The number of hydrogen-bond donors (Lipinski definition) is 1. The minimum Gasteiger partial charge on any atom is -0.460 e. The molecule has 0 fully saturated rings. The van der Waals surface area contributed by atoms with Gasteiger partial charge in [-0.15, -0.1) is 11.3 Å². The highest BCUT2D eigenvalue weighted by Gasteiger charge is 2.13. The van der Waals surface area contributed by atoms with Crippen molar-refractivity contribution in [1.29, 1.82) is 0 Å². The number of rotatable bonds is 3. The first-order valence-corrected chi connectivity index (χ1v) is 7.89. The molecule has 0 aliphatic carbocycles. The van der Waals surface area contributed by atoms with Crippen molar-refractivity contribution in [1.82, 2.24) is 4.98 Å². The van der Waals surface area contributed by atoms with E-state index in [9.17, 15) is 4.79 Å². The molecule has 1 amide bonds. The monoisotopic (exact) mass is 362 g/mol. The standard InChI is InChI=1S/C15H11BrN2O2S/c1-9-6-7-13(20-9)12-8-21-15(17-12)18-14(19)10-4-2-3-5-11(10)16/h2-8H,1H3,(H,17,18,19). The molecule has 106 valence electrons. The molecule has 3 aromatic rings. The average molecular weight is 363 g/mol. The average Bonchev–Trinajstić information content (AvgIpc) is 3.08. The number of anilines is 1. The summed E-state index contributed by atoms with van der Waals surface area (Å²) in [5.41, 5.74) is 1.29. The lowest BCUT2D eigenvalue weighted by molar-refractivity contribution is 0.102. The van der Waals surface area contributed by atoms with Crippen LogP contribution in [0, 0.1) is 6.92 Å². The number of thiazole rings is 1. The molecule has 1 aromatic carbocycles. The number of carbonyl (C=O) groups excluding carboxylic acids is 1. The van der Waals surface area contributed by atoms with Crippen LogP contribution in [-0.4, -0.2) is 10.9 Å². The van der Waals surface area contributed by atoms with Gasteiger partial charge in [-0.2, -0.15) is 0 Å². The van der Waals surface area contributed by atoms with Crippen molar-refractivity contribution in [2.75, 3.05) is 5.32 Å². The van der Waals surface area contributed by atoms with Gasteiger partial charge in [0.1, 0.15) is 11.5 Å². The first kappa shape index (κ1) is 14.0. The summed E-state index contributed by atoms with van der Waals surface area (Å²) in [6.45, 7) is 1.88. The van der Waals surface area contributed by atoms with E-state index in [0.717, 1.165) is 15.9 Å². The fourth-order valence-corrected chi connectivity index (χ4v) is 2.99. The maximum absolute atomic E-state index is 12.2. The van der Waals surface area contributed by atoms with Gasteiger partial charge < -0.3 is 4.42 Å². The highest BCUT2D eigenvalue weighted by Crippen LogP contribution is 2.27. The van der Waals surface area contributed by atoms with Crippen LogP contribution in [0.4, 0.5) is 5.13 Å². The minimum absolute atomic E-state index is 0.195. The van der Waals surface area contributed by atoms with E-state index in [1.165, 1.54) is 11.3 Å². The number of hydrogen-bond acceptors (Lipinski definition) is 4. The van der Waals surface area contributed by atoms with Crippen molar-refractivity contribution in [3.63, 3.8) is 0 Å². The number of benzene rings is 1. The van der Waals surface area contributed by atoms with Gasteiger partial charge in [-0.25, -0.2) is 4.98 Å². The van der Waals surface area contributed by atoms with E-state index in [1.807, 2.05) is 42.6 Å². The van der Waals surface area contributed by atoms with E-state index in [0.29, 0.717) is 16.5 Å². The third kappa shape index (κ3) is 3.06. The van der Waals surface area contributed by atoms with E-state index < -0.39 is 0 Å². The summed E-state index contributed by atoms with van der Waals surface area (Å²) in [6, 6.07) is 11.0. The van der Waals surface area contributed by atoms with Crippen LogP contribution >= 0.6 is 27.3 Å². The number of aryl methyl sites for hydroxylation is 1. The van der Waals surface area contributed by atoms with Crippen LogP contribution in [0.3, 0.4) is 0 Å². The van der Waals surface area contributed by atoms with Gasteiger partial charge in [-0.1, -0.05) is 12.1 Å². The number of amides is 1. The molecule has 1 N–H and O–H groups in total. The van der Waals surface area contributed by atoms with Crippen LogP contribution in [0.1, 0.15) is 16.1 Å². The fourth-order valence-electron chi connectivity index (χ4n) is 1.83. The number of nitrogens with one attached hydrogen (secondary N) is 1. The topological polar surface area (TPSA) is 55.1 Å². The van der Waals surface area contributed by atoms with Gasteiger partial charge in [0, 0.05) is 9.85 Å². The number of furan rings is 1. The van der Waals surface area contributed by atoms with Gasteiger partial charge in [-0.05, 0) is 47.1 Å². The lowest BCUT2D eigenvalue weighted by Gasteiger charge is -2.03. The summed E-state index contributed by atoms with van der Waals surface area (Å²) in [5.74, 6) is 1.33. The summed E-state index contributed by atoms with van der Waals surface area (Å²) in [6.07, 6.45) is 0. The Morgan fingerprint density at radius 1 is 1.29 bits per heavy atom. The first-order valence-electron chi connectivity index (χ1n) is 6.22. The lowest BCUT2D eigenvalue weighted by atomic mass is 10.2. The Balaban J connectivity index is 1.79. The Kier molecular flexibility index (Phi) is 3.90. The molecule has 3 rings (SSSR count). The van der Waals surface area contributed by atoms with Crippen molar-refractivity contribution >= 4 is 38.3 Å². The molecule has 0 aliphatic rings. The van der Waals surface area contributed by atoms with Crippen molar-refractivity contribution in [3.8, 4) is 11.5 Å². The molecule has 0 unspecified atom stereocenters. The van der Waals surface area contributed by atoms with Crippen LogP contribution < -0.4 is 5.32 Å². The minimum atomic E-state index is -0.195. The van der Waals surface area contributed by atoms with Crippen molar-refractivity contribution in [2.45, 2.75) is 6.92 Å². The van der Waals surface area contributed by atoms with Gasteiger partial charge in [0.05, 0.1) is 5.56 Å². The summed E-state index contributed by atoms with van der Waals surface area (Å²) >= 11 is 4.73. The lowest BCUT2D eigenvalue weighted by Crippen LogP contribution is -2.12. The van der Waals surface area contributed by atoms with Crippen LogP contribution in [0.25, 0.3) is 11.5 Å². The van der Waals surface area contributed by atoms with E-state index in [1.54, 1.807) is 6.07 Å². The van der Waals surface area contributed by atoms with Crippen LogP contribution in [0.15, 0.2) is 50.7 Å². The normalized spacial score (nSPS) is 10.6. The Hall–Kier alpha value is -1.92. The largest absolute Gasteiger partial charge is 0.460 e. The maximum Gasteiger partial charge on any atom is 0.258 e. The summed E-state index contributed by atoms with van der Waals surface area (Å²) in [5, 5.41) is 5.19. The van der Waals surface area contributed by atoms with Crippen LogP contribution in [0.2, 0.25) is 0 Å². The second kappa shape index (κ2) is 5.83. The molecule has 0 bridgehead atoms. The summed E-state index contributed by atoms with van der Waals surface area (Å²) in [7, 11) is 0. The zero-order chi connectivity index (χ0) is 14.8. The molecule has 0 spiro atoms. The van der Waals surface area contributed by atoms with Gasteiger partial charge in [-0.3, -0.25) is 10.1 Å². The Labute approximate surface area is 134 Å². The molecule has 2 aromatic heterocycles. The molecule has 0 aliphatic heterocycles. The Bertz CT molecular complexity index is 794. The molecule has 0 saturated carbocycles. The smallest absolute Gasteiger partial charge is 0.258 e. The fraction of sp³-hybridized carbons (Fsp3) is 0.0667. The van der Waals surface area contributed by atoms with Crippen molar-refractivity contribution in [3.05, 3.63) is 57.6 Å². The van der Waals surface area contributed by atoms with Gasteiger partial charge in [0.15, 0.2) is 10.9 Å². The second-order valence-corrected chi connectivity index (χ2v) is 6.09. The van der Waals surface area contributed by atoms with Gasteiger partial charge in [0.2, 0.25) is 0 Å². The van der Waals surface area contributed by atoms with Crippen LogP contribution in [-0.2, 0) is 0 Å². The molecule has 4 nitrogen and oxygen atoms in total. The second-order valence-electron chi connectivity index (χ2n) is 4.38. The third-order valence-corrected chi connectivity index (χ3v) is 4.29. The Morgan fingerprint density at radius 2 is 2.10 bits per heavy atom. The van der Waals surface area contributed by atoms with Gasteiger partial charge in [0.25, 0.3) is 5.91 Å². The third-order valence-electron chi connectivity index (χ3n) is 2.84. The molecular formula is C15H11BrN2O2S. The first-order chi connectivity index (χ1) is 10.1. The zero-order valence-electron chi connectivity index (χ0n) is 11.1. The molecule has 2 heterocycles. The number of nitrogens with zero attached hydrogens (tertiary/aromatic N) is 1. The summed E-state index contributed by atoms with van der Waals surface area (Å²) in [4.78, 5) is 16.6. The number of halogens is 1. The quantitative estimate of drug-likeness (QED) is 0.732. The zero-order valence-corrected chi connectivity index (χ0v) is 13.5. The molecular weight excluding hydrogens is 352 g/mol. The maximum atomic E-state index is 12.2. The SMILES string of the molecule is Cc1ccc(-c2csc(NC(=O)c3ccccc3Br)n2)o1. The van der Waals surface area contributed by atoms with E-state index in [2.05, 4.69) is 26.2 Å². The molecule has 0 atom stereocenters. The number of carbonyl (C=O) groups is 1. The van der Waals surface area contributed by atoms with Crippen molar-refractivity contribution in [2.24, 2.45) is 0 Å². The predicted octanol–water partition coefficient (Wildman–Crippen LogP) is 4.73. The molecule has 6 heteroatoms. The Morgan fingerprint density at radius 3 is 2.81 bits per heavy atom. The van der Waals surface area contributed by atoms with E-state index in [-0.39, 0.29) is 5.91 Å². The number of aromatic nitrogens is 1. The van der Waals surface area contributed by atoms with E-state index in [4.69, 9.17) is 4.42 Å². The highest BCUT2D eigenvalue weighted by molar-refractivity contribution is 9.10. The van der Waals surface area contributed by atoms with Gasteiger partial charge >= 0.3 is 0 Å². The molecule has 0 saturated heterocycles. The van der Waals surface area contributed by atoms with Crippen molar-refractivity contribution < 1.29 is 9.21 Å². The predicted molar refractivity (Wildman–Crippen MR) is 86.6 cm³/mol. The van der Waals surface area contributed by atoms with Crippen LogP contribution in [0.5, 0.6) is 0 Å². The van der Waals surface area contributed by atoms with E-state index >= 15 is 0 Å². The highest BCUT2D eigenvalue weighted by atomic mass is 79.9. The molecule has 21 heavy (non-hydrogen) atoms. The molecule has 0 radical (unpaired) electrons.